The smallest absolute Gasteiger partial charge is 0.274 e. The summed E-state index contributed by atoms with van der Waals surface area (Å²) < 4.78 is 1.72. The van der Waals surface area contributed by atoms with E-state index in [1.54, 1.807) is 4.68 Å². The van der Waals surface area contributed by atoms with Crippen LogP contribution in [0.25, 0.3) is 22.0 Å². The molecule has 0 saturated heterocycles. The van der Waals surface area contributed by atoms with Gasteiger partial charge >= 0.3 is 0 Å². The number of nitrogens with zero attached hydrogens (tertiary/aromatic N) is 2. The molecule has 4 nitrogen and oxygen atoms in total. The fourth-order valence-corrected chi connectivity index (χ4v) is 3.68. The fourth-order valence-electron chi connectivity index (χ4n) is 3.68. The molecule has 3 aromatic rings. The van der Waals surface area contributed by atoms with E-state index in [0.717, 1.165) is 34.9 Å². The molecule has 1 aromatic heterocycles. The largest absolute Gasteiger partial charge is 0.399 e. The minimum Gasteiger partial charge on any atom is -0.399 e. The Balaban J connectivity index is 1.98. The summed E-state index contributed by atoms with van der Waals surface area (Å²) in [5, 5.41) is 6.41. The van der Waals surface area contributed by atoms with Crippen molar-refractivity contribution in [1.29, 1.82) is 0 Å². The Bertz CT molecular complexity index is 939. The van der Waals surface area contributed by atoms with Crippen molar-refractivity contribution in [3.8, 4) is 11.3 Å². The summed E-state index contributed by atoms with van der Waals surface area (Å²) in [5.41, 5.74) is 8.47. The molecule has 0 spiro atoms. The Hall–Kier alpha value is -2.62. The number of anilines is 1. The van der Waals surface area contributed by atoms with Crippen LogP contribution in [0.1, 0.15) is 38.1 Å². The summed E-state index contributed by atoms with van der Waals surface area (Å²) >= 11 is 0. The maximum atomic E-state index is 13.0. The van der Waals surface area contributed by atoms with Crippen molar-refractivity contribution >= 4 is 16.5 Å². The third-order valence-electron chi connectivity index (χ3n) is 4.91. The predicted molar refractivity (Wildman–Crippen MR) is 98.0 cm³/mol. The van der Waals surface area contributed by atoms with Gasteiger partial charge in [0.05, 0.1) is 17.1 Å². The van der Waals surface area contributed by atoms with Gasteiger partial charge in [-0.05, 0) is 31.0 Å². The molecule has 1 fully saturated rings. The average Bonchev–Trinajstić information content (AvgIpc) is 2.63. The van der Waals surface area contributed by atoms with Crippen LogP contribution < -0.4 is 11.3 Å². The van der Waals surface area contributed by atoms with E-state index >= 15 is 0 Å². The van der Waals surface area contributed by atoms with Crippen LogP contribution in [0.5, 0.6) is 0 Å². The molecule has 2 aromatic carbocycles. The highest BCUT2D eigenvalue weighted by Gasteiger charge is 2.20. The summed E-state index contributed by atoms with van der Waals surface area (Å²) in [6, 6.07) is 15.6. The minimum absolute atomic E-state index is 0.0187. The predicted octanol–water partition coefficient (Wildman–Crippen LogP) is 4.15. The van der Waals surface area contributed by atoms with E-state index in [9.17, 15) is 4.79 Å². The van der Waals surface area contributed by atoms with Crippen molar-refractivity contribution in [2.24, 2.45) is 0 Å². The van der Waals surface area contributed by atoms with E-state index in [1.165, 1.54) is 19.3 Å². The summed E-state index contributed by atoms with van der Waals surface area (Å²) in [6.45, 7) is 0. The van der Waals surface area contributed by atoms with Gasteiger partial charge in [0, 0.05) is 16.6 Å². The number of rotatable bonds is 2. The lowest BCUT2D eigenvalue weighted by Gasteiger charge is -2.24. The van der Waals surface area contributed by atoms with E-state index in [2.05, 4.69) is 0 Å². The lowest BCUT2D eigenvalue weighted by atomic mass is 9.95. The highest BCUT2D eigenvalue weighted by atomic mass is 16.1. The summed E-state index contributed by atoms with van der Waals surface area (Å²) in [5.74, 6) is 0. The van der Waals surface area contributed by atoms with Crippen LogP contribution in [0.4, 0.5) is 5.69 Å². The normalized spacial score (nSPS) is 15.7. The molecule has 122 valence electrons. The Morgan fingerprint density at radius 1 is 0.958 bits per heavy atom. The molecule has 24 heavy (non-hydrogen) atoms. The molecular weight excluding hydrogens is 298 g/mol. The molecule has 1 aliphatic rings. The molecule has 1 saturated carbocycles. The first-order valence-corrected chi connectivity index (χ1v) is 8.61. The van der Waals surface area contributed by atoms with E-state index in [0.29, 0.717) is 5.69 Å². The number of nitrogens with two attached hydrogens (primary N) is 1. The van der Waals surface area contributed by atoms with Crippen molar-refractivity contribution in [3.05, 3.63) is 58.9 Å². The maximum absolute atomic E-state index is 13.0. The highest BCUT2D eigenvalue weighted by molar-refractivity contribution is 5.94. The second-order valence-electron chi connectivity index (χ2n) is 6.56. The van der Waals surface area contributed by atoms with Crippen molar-refractivity contribution in [2.75, 3.05) is 5.73 Å². The second-order valence-corrected chi connectivity index (χ2v) is 6.56. The van der Waals surface area contributed by atoms with Gasteiger partial charge in [-0.1, -0.05) is 49.6 Å². The van der Waals surface area contributed by atoms with Crippen LogP contribution in [0, 0.1) is 0 Å². The monoisotopic (exact) mass is 319 g/mol. The molecule has 2 N–H and O–H groups in total. The van der Waals surface area contributed by atoms with Crippen LogP contribution in [-0.4, -0.2) is 9.78 Å². The van der Waals surface area contributed by atoms with Gasteiger partial charge < -0.3 is 5.73 Å². The zero-order valence-electron chi connectivity index (χ0n) is 13.6. The van der Waals surface area contributed by atoms with Crippen LogP contribution in [-0.2, 0) is 0 Å². The molecule has 0 bridgehead atoms. The summed E-state index contributed by atoms with van der Waals surface area (Å²) in [6.07, 6.45) is 5.64. The standard InChI is InChI=1S/C20H21N3O/c21-15-8-6-7-14(13-15)19-17-11-4-5-12-18(17)20(24)23(22-19)16-9-2-1-3-10-16/h4-8,11-13,16H,1-3,9-10,21H2. The van der Waals surface area contributed by atoms with Gasteiger partial charge in [-0.2, -0.15) is 5.10 Å². The number of benzene rings is 2. The van der Waals surface area contributed by atoms with Gasteiger partial charge in [-0.15, -0.1) is 0 Å². The summed E-state index contributed by atoms with van der Waals surface area (Å²) in [7, 11) is 0. The molecule has 4 rings (SSSR count). The third-order valence-corrected chi connectivity index (χ3v) is 4.91. The second kappa shape index (κ2) is 6.11. The average molecular weight is 319 g/mol. The summed E-state index contributed by atoms with van der Waals surface area (Å²) in [4.78, 5) is 13.0. The molecule has 0 atom stereocenters. The Kier molecular flexibility index (Phi) is 3.81. The number of hydrogen-bond acceptors (Lipinski definition) is 3. The molecule has 0 amide bonds. The topological polar surface area (TPSA) is 60.9 Å². The SMILES string of the molecule is Nc1cccc(-c2nn(C3CCCCC3)c(=O)c3ccccc23)c1. The van der Waals surface area contributed by atoms with Gasteiger partial charge in [-0.25, -0.2) is 4.68 Å². The van der Waals surface area contributed by atoms with Gasteiger partial charge in [0.1, 0.15) is 0 Å². The van der Waals surface area contributed by atoms with Gasteiger partial charge in [0.25, 0.3) is 5.56 Å². The Morgan fingerprint density at radius 2 is 1.71 bits per heavy atom. The van der Waals surface area contributed by atoms with Crippen molar-refractivity contribution in [1.82, 2.24) is 9.78 Å². The van der Waals surface area contributed by atoms with E-state index in [-0.39, 0.29) is 11.6 Å². The zero-order valence-corrected chi connectivity index (χ0v) is 13.6. The molecule has 4 heteroatoms. The maximum Gasteiger partial charge on any atom is 0.274 e. The lowest BCUT2D eigenvalue weighted by molar-refractivity contribution is 0.321. The van der Waals surface area contributed by atoms with Gasteiger partial charge in [0.15, 0.2) is 0 Å². The first-order chi connectivity index (χ1) is 11.7. The fraction of sp³-hybridized carbons (Fsp3) is 0.300. The van der Waals surface area contributed by atoms with Gasteiger partial charge in [0.2, 0.25) is 0 Å². The first-order valence-electron chi connectivity index (χ1n) is 8.61. The molecule has 0 radical (unpaired) electrons. The van der Waals surface area contributed by atoms with Crippen LogP contribution in [0.15, 0.2) is 53.3 Å². The van der Waals surface area contributed by atoms with Crippen LogP contribution in [0.2, 0.25) is 0 Å². The first kappa shape index (κ1) is 14.9. The molecule has 1 aliphatic carbocycles. The zero-order chi connectivity index (χ0) is 16.5. The molecule has 1 heterocycles. The van der Waals surface area contributed by atoms with Crippen LogP contribution >= 0.6 is 0 Å². The highest BCUT2D eigenvalue weighted by Crippen LogP contribution is 2.30. The minimum atomic E-state index is 0.0187. The Labute approximate surface area is 140 Å². The van der Waals surface area contributed by atoms with Gasteiger partial charge in [-0.3, -0.25) is 4.79 Å². The lowest BCUT2D eigenvalue weighted by Crippen LogP contribution is -2.29. The number of aromatic nitrogens is 2. The van der Waals surface area contributed by atoms with Crippen LogP contribution in [0.3, 0.4) is 0 Å². The van der Waals surface area contributed by atoms with Crippen molar-refractivity contribution in [2.45, 2.75) is 38.1 Å². The Morgan fingerprint density at radius 3 is 2.46 bits per heavy atom. The molecule has 0 aliphatic heterocycles. The molecular formula is C20H21N3O. The van der Waals surface area contributed by atoms with Crippen molar-refractivity contribution < 1.29 is 0 Å². The number of nitrogen functional groups attached to an aromatic ring is 1. The third kappa shape index (κ3) is 2.58. The number of hydrogen-bond donors (Lipinski definition) is 1. The van der Waals surface area contributed by atoms with Crippen molar-refractivity contribution in [3.63, 3.8) is 0 Å². The van der Waals surface area contributed by atoms with E-state index in [4.69, 9.17) is 10.8 Å². The number of fused-ring (bicyclic) bond motifs is 1. The van der Waals surface area contributed by atoms with E-state index in [1.807, 2.05) is 48.5 Å². The quantitative estimate of drug-likeness (QED) is 0.722. The molecule has 0 unspecified atom stereocenters. The van der Waals surface area contributed by atoms with E-state index < -0.39 is 0 Å².